The Morgan fingerprint density at radius 3 is 2.74 bits per heavy atom. The molecule has 0 saturated heterocycles. The first kappa shape index (κ1) is 12.3. The second-order valence-electron chi connectivity index (χ2n) is 4.20. The Morgan fingerprint density at radius 2 is 2.05 bits per heavy atom. The van der Waals surface area contributed by atoms with Crippen molar-refractivity contribution >= 4 is 17.4 Å². The summed E-state index contributed by atoms with van der Waals surface area (Å²) in [4.78, 5) is 8.35. The standard InChI is InChI=1S/C13H11ClFN3O/c1-16-12-9-6-19-11(10(9)17-13(14)18-12)7-2-4-8(15)5-3-7/h2-5,11H,6H2,1H3,(H,16,17,18). The molecule has 0 saturated carbocycles. The molecule has 0 fully saturated rings. The molecule has 0 spiro atoms. The van der Waals surface area contributed by atoms with Gasteiger partial charge in [-0.25, -0.2) is 14.4 Å². The molecule has 1 aromatic heterocycles. The molecule has 4 nitrogen and oxygen atoms in total. The van der Waals surface area contributed by atoms with E-state index in [4.69, 9.17) is 16.3 Å². The first-order valence-electron chi connectivity index (χ1n) is 5.80. The van der Waals surface area contributed by atoms with E-state index in [1.165, 1.54) is 12.1 Å². The molecule has 0 bridgehead atoms. The van der Waals surface area contributed by atoms with Gasteiger partial charge in [0.2, 0.25) is 5.28 Å². The molecule has 1 aromatic carbocycles. The number of halogens is 2. The predicted molar refractivity (Wildman–Crippen MR) is 69.6 cm³/mol. The highest BCUT2D eigenvalue weighted by Gasteiger charge is 2.30. The molecular formula is C13H11ClFN3O. The van der Waals surface area contributed by atoms with Gasteiger partial charge in [0.1, 0.15) is 17.7 Å². The van der Waals surface area contributed by atoms with Crippen LogP contribution in [0, 0.1) is 5.82 Å². The average Bonchev–Trinajstić information content (AvgIpc) is 2.82. The number of aromatic nitrogens is 2. The van der Waals surface area contributed by atoms with Gasteiger partial charge in [-0.05, 0) is 29.3 Å². The van der Waals surface area contributed by atoms with E-state index < -0.39 is 0 Å². The maximum atomic E-state index is 13.0. The fourth-order valence-corrected chi connectivity index (χ4v) is 2.35. The van der Waals surface area contributed by atoms with Gasteiger partial charge in [-0.2, -0.15) is 0 Å². The second-order valence-corrected chi connectivity index (χ2v) is 4.54. The lowest BCUT2D eigenvalue weighted by atomic mass is 10.0. The lowest BCUT2D eigenvalue weighted by molar-refractivity contribution is 0.0924. The number of nitrogens with one attached hydrogen (secondary N) is 1. The summed E-state index contributed by atoms with van der Waals surface area (Å²) < 4.78 is 18.7. The first-order chi connectivity index (χ1) is 9.19. The van der Waals surface area contributed by atoms with Crippen molar-refractivity contribution in [3.05, 3.63) is 52.2 Å². The van der Waals surface area contributed by atoms with Gasteiger partial charge in [0.05, 0.1) is 12.3 Å². The molecule has 3 rings (SSSR count). The van der Waals surface area contributed by atoms with Gasteiger partial charge in [-0.1, -0.05) is 12.1 Å². The van der Waals surface area contributed by atoms with E-state index >= 15 is 0 Å². The number of anilines is 1. The quantitative estimate of drug-likeness (QED) is 0.859. The van der Waals surface area contributed by atoms with Crippen LogP contribution in [0.25, 0.3) is 0 Å². The van der Waals surface area contributed by atoms with Gasteiger partial charge in [0.25, 0.3) is 0 Å². The van der Waals surface area contributed by atoms with Gasteiger partial charge < -0.3 is 10.1 Å². The zero-order valence-electron chi connectivity index (χ0n) is 10.2. The normalized spacial score (nSPS) is 17.3. The molecule has 0 radical (unpaired) electrons. The van der Waals surface area contributed by atoms with Gasteiger partial charge in [0.15, 0.2) is 0 Å². The van der Waals surface area contributed by atoms with E-state index in [0.29, 0.717) is 12.4 Å². The van der Waals surface area contributed by atoms with Crippen LogP contribution in [-0.2, 0) is 11.3 Å². The summed E-state index contributed by atoms with van der Waals surface area (Å²) in [7, 11) is 1.77. The predicted octanol–water partition coefficient (Wildman–Crippen LogP) is 2.93. The molecule has 1 unspecified atom stereocenters. The highest BCUT2D eigenvalue weighted by atomic mass is 35.5. The van der Waals surface area contributed by atoms with Crippen LogP contribution < -0.4 is 5.32 Å². The monoisotopic (exact) mass is 279 g/mol. The summed E-state index contributed by atoms with van der Waals surface area (Å²) in [5, 5.41) is 3.14. The lowest BCUT2D eigenvalue weighted by Gasteiger charge is -2.11. The smallest absolute Gasteiger partial charge is 0.224 e. The molecule has 2 aromatic rings. The van der Waals surface area contributed by atoms with E-state index in [0.717, 1.165) is 16.8 Å². The minimum absolute atomic E-state index is 0.167. The second kappa shape index (κ2) is 4.75. The Balaban J connectivity index is 2.06. The van der Waals surface area contributed by atoms with Crippen molar-refractivity contribution in [1.82, 2.24) is 9.97 Å². The summed E-state index contributed by atoms with van der Waals surface area (Å²) in [6, 6.07) is 6.17. The van der Waals surface area contributed by atoms with Gasteiger partial charge >= 0.3 is 0 Å². The van der Waals surface area contributed by atoms with Crippen LogP contribution in [0.2, 0.25) is 5.28 Å². The number of hydrogen-bond acceptors (Lipinski definition) is 4. The highest BCUT2D eigenvalue weighted by Crippen LogP contribution is 2.37. The van der Waals surface area contributed by atoms with Gasteiger partial charge in [0, 0.05) is 12.6 Å². The van der Waals surface area contributed by atoms with Crippen LogP contribution in [0.15, 0.2) is 24.3 Å². The number of hydrogen-bond donors (Lipinski definition) is 1. The first-order valence-corrected chi connectivity index (χ1v) is 6.18. The maximum Gasteiger partial charge on any atom is 0.224 e. The molecule has 1 aliphatic rings. The van der Waals surface area contributed by atoms with E-state index in [-0.39, 0.29) is 17.2 Å². The molecule has 1 atom stereocenters. The van der Waals surface area contributed by atoms with Crippen molar-refractivity contribution in [2.75, 3.05) is 12.4 Å². The topological polar surface area (TPSA) is 47.0 Å². The zero-order chi connectivity index (χ0) is 13.4. The van der Waals surface area contributed by atoms with Gasteiger partial charge in [-0.15, -0.1) is 0 Å². The molecule has 2 heterocycles. The Labute approximate surface area is 114 Å². The third-order valence-corrected chi connectivity index (χ3v) is 3.23. The molecule has 19 heavy (non-hydrogen) atoms. The van der Waals surface area contributed by atoms with Crippen LogP contribution in [-0.4, -0.2) is 17.0 Å². The fraction of sp³-hybridized carbons (Fsp3) is 0.231. The van der Waals surface area contributed by atoms with Gasteiger partial charge in [-0.3, -0.25) is 0 Å². The highest BCUT2D eigenvalue weighted by molar-refractivity contribution is 6.28. The summed E-state index contributed by atoms with van der Waals surface area (Å²) in [6.07, 6.45) is -0.330. The van der Waals surface area contributed by atoms with E-state index in [1.54, 1.807) is 19.2 Å². The van der Waals surface area contributed by atoms with Crippen molar-refractivity contribution < 1.29 is 9.13 Å². The SMILES string of the molecule is CNc1nc(Cl)nc2c1COC2c1ccc(F)cc1. The number of fused-ring (bicyclic) bond motifs is 1. The van der Waals surface area contributed by atoms with Crippen LogP contribution in [0.3, 0.4) is 0 Å². The molecule has 1 N–H and O–H groups in total. The van der Waals surface area contributed by atoms with Crippen molar-refractivity contribution in [2.45, 2.75) is 12.7 Å². The zero-order valence-corrected chi connectivity index (χ0v) is 10.9. The van der Waals surface area contributed by atoms with E-state index in [9.17, 15) is 4.39 Å². The van der Waals surface area contributed by atoms with Crippen LogP contribution >= 0.6 is 11.6 Å². The average molecular weight is 280 g/mol. The van der Waals surface area contributed by atoms with E-state index in [2.05, 4.69) is 15.3 Å². The van der Waals surface area contributed by atoms with Crippen molar-refractivity contribution in [1.29, 1.82) is 0 Å². The van der Waals surface area contributed by atoms with Crippen LogP contribution in [0.4, 0.5) is 10.2 Å². The summed E-state index contributed by atoms with van der Waals surface area (Å²) in [5.41, 5.74) is 2.47. The minimum atomic E-state index is -0.330. The number of benzene rings is 1. The fourth-order valence-electron chi connectivity index (χ4n) is 2.18. The lowest BCUT2D eigenvalue weighted by Crippen LogP contribution is -2.04. The molecule has 0 amide bonds. The van der Waals surface area contributed by atoms with Crippen molar-refractivity contribution in [3.8, 4) is 0 Å². The number of ether oxygens (including phenoxy) is 1. The maximum absolute atomic E-state index is 13.0. The molecule has 6 heteroatoms. The summed E-state index contributed by atoms with van der Waals surface area (Å²) in [6.45, 7) is 0.407. The van der Waals surface area contributed by atoms with E-state index in [1.807, 2.05) is 0 Å². The molecule has 0 aliphatic carbocycles. The van der Waals surface area contributed by atoms with Crippen molar-refractivity contribution in [3.63, 3.8) is 0 Å². The van der Waals surface area contributed by atoms with Crippen LogP contribution in [0.5, 0.6) is 0 Å². The molecule has 98 valence electrons. The third-order valence-electron chi connectivity index (χ3n) is 3.06. The Kier molecular flexibility index (Phi) is 3.08. The Bertz CT molecular complexity index is 618. The van der Waals surface area contributed by atoms with Crippen molar-refractivity contribution in [2.24, 2.45) is 0 Å². The largest absolute Gasteiger partial charge is 0.373 e. The Morgan fingerprint density at radius 1 is 1.32 bits per heavy atom. The molecular weight excluding hydrogens is 269 g/mol. The summed E-state index contributed by atoms with van der Waals surface area (Å²) >= 11 is 5.91. The van der Waals surface area contributed by atoms with Crippen LogP contribution in [0.1, 0.15) is 22.9 Å². The number of nitrogens with zero attached hydrogens (tertiary/aromatic N) is 2. The summed E-state index contributed by atoms with van der Waals surface area (Å²) in [5.74, 6) is 0.387. The third kappa shape index (κ3) is 2.15. The minimum Gasteiger partial charge on any atom is -0.373 e. The number of rotatable bonds is 2. The molecule has 1 aliphatic heterocycles. The Hall–Kier alpha value is -1.72.